The summed E-state index contributed by atoms with van der Waals surface area (Å²) in [6, 6.07) is 0. The Morgan fingerprint density at radius 2 is 2.14 bits per heavy atom. The van der Waals surface area contributed by atoms with Gasteiger partial charge in [-0.15, -0.1) is 0 Å². The Morgan fingerprint density at radius 3 is 2.57 bits per heavy atom. The van der Waals surface area contributed by atoms with Gasteiger partial charge in [0.05, 0.1) is 6.61 Å². The Kier molecular flexibility index (Phi) is 4.77. The van der Waals surface area contributed by atoms with Gasteiger partial charge in [-0.05, 0) is 26.2 Å². The van der Waals surface area contributed by atoms with Crippen LogP contribution in [0.5, 0.6) is 0 Å². The second-order valence-electron chi connectivity index (χ2n) is 3.86. The van der Waals surface area contributed by atoms with E-state index in [4.69, 9.17) is 4.74 Å². The highest BCUT2D eigenvalue weighted by atomic mass is 16.6. The topological polar surface area (TPSA) is 29.5 Å². The van der Waals surface area contributed by atoms with E-state index in [0.29, 0.717) is 6.61 Å². The van der Waals surface area contributed by atoms with Crippen LogP contribution >= 0.6 is 0 Å². The molecule has 0 N–H and O–H groups in total. The van der Waals surface area contributed by atoms with Gasteiger partial charge in [0.15, 0.2) is 0 Å². The largest absolute Gasteiger partial charge is 0.450 e. The summed E-state index contributed by atoms with van der Waals surface area (Å²) in [6.45, 7) is 5.93. The molecule has 0 bridgehead atoms. The van der Waals surface area contributed by atoms with Gasteiger partial charge in [-0.25, -0.2) is 4.79 Å². The third-order valence-corrected chi connectivity index (χ3v) is 2.94. The Bertz CT molecular complexity index is 178. The number of ether oxygens (including phenoxy) is 1. The highest BCUT2D eigenvalue weighted by molar-refractivity contribution is 5.67. The molecule has 3 heteroatoms. The molecule has 0 radical (unpaired) electrons. The van der Waals surface area contributed by atoms with Crippen LogP contribution in [0.2, 0.25) is 0 Å². The molecule has 0 aromatic rings. The number of amides is 1. The fourth-order valence-corrected chi connectivity index (χ4v) is 1.71. The molecule has 1 amide bonds. The van der Waals surface area contributed by atoms with Crippen molar-refractivity contribution in [2.45, 2.75) is 39.5 Å². The smallest absolute Gasteiger partial charge is 0.409 e. The van der Waals surface area contributed by atoms with E-state index in [-0.39, 0.29) is 6.09 Å². The molecule has 0 aromatic heterocycles. The van der Waals surface area contributed by atoms with Crippen molar-refractivity contribution in [2.75, 3.05) is 19.7 Å². The summed E-state index contributed by atoms with van der Waals surface area (Å²) in [5.74, 6) is 0.860. The van der Waals surface area contributed by atoms with Crippen molar-refractivity contribution in [3.05, 3.63) is 0 Å². The fraction of sp³-hybridized carbons (Fsp3) is 0.909. The van der Waals surface area contributed by atoms with E-state index in [1.165, 1.54) is 19.3 Å². The van der Waals surface area contributed by atoms with Crippen molar-refractivity contribution >= 4 is 6.09 Å². The molecule has 0 spiro atoms. The summed E-state index contributed by atoms with van der Waals surface area (Å²) in [7, 11) is 0. The van der Waals surface area contributed by atoms with E-state index >= 15 is 0 Å². The maximum Gasteiger partial charge on any atom is 0.409 e. The van der Waals surface area contributed by atoms with Crippen molar-refractivity contribution in [2.24, 2.45) is 5.92 Å². The average Bonchev–Trinajstić information content (AvgIpc) is 2.09. The highest BCUT2D eigenvalue weighted by Crippen LogP contribution is 2.29. The van der Waals surface area contributed by atoms with Gasteiger partial charge in [-0.2, -0.15) is 0 Å². The van der Waals surface area contributed by atoms with Crippen LogP contribution in [0.15, 0.2) is 0 Å². The molecule has 0 aliphatic heterocycles. The normalized spacial score (nSPS) is 16.1. The number of carbonyl (C=O) groups excluding carboxylic acids is 1. The molecule has 1 rings (SSSR count). The van der Waals surface area contributed by atoms with E-state index in [2.05, 4.69) is 0 Å². The van der Waals surface area contributed by atoms with Gasteiger partial charge in [-0.1, -0.05) is 19.3 Å². The van der Waals surface area contributed by atoms with Crippen LogP contribution in [0, 0.1) is 5.92 Å². The number of hydrogen-bond donors (Lipinski definition) is 0. The zero-order valence-electron chi connectivity index (χ0n) is 9.29. The van der Waals surface area contributed by atoms with Crippen LogP contribution in [0.25, 0.3) is 0 Å². The molecule has 1 aliphatic rings. The summed E-state index contributed by atoms with van der Waals surface area (Å²) in [5.41, 5.74) is 0. The molecule has 0 saturated heterocycles. The van der Waals surface area contributed by atoms with Crippen LogP contribution in [-0.4, -0.2) is 30.7 Å². The SMILES string of the molecule is CCOC(=O)N(CC)CCC1CCC1. The predicted octanol–water partition coefficient (Wildman–Crippen LogP) is 2.66. The van der Waals surface area contributed by atoms with Crippen molar-refractivity contribution in [1.29, 1.82) is 0 Å². The first-order valence-electron chi connectivity index (χ1n) is 5.69. The van der Waals surface area contributed by atoms with Crippen molar-refractivity contribution in [3.63, 3.8) is 0 Å². The van der Waals surface area contributed by atoms with Crippen LogP contribution in [0.4, 0.5) is 4.79 Å². The van der Waals surface area contributed by atoms with E-state index in [0.717, 1.165) is 25.4 Å². The Morgan fingerprint density at radius 1 is 1.43 bits per heavy atom. The maximum atomic E-state index is 11.4. The second kappa shape index (κ2) is 5.89. The number of carbonyl (C=O) groups is 1. The Hall–Kier alpha value is -0.730. The van der Waals surface area contributed by atoms with Crippen LogP contribution in [0.1, 0.15) is 39.5 Å². The lowest BCUT2D eigenvalue weighted by molar-refractivity contribution is 0.104. The van der Waals surface area contributed by atoms with E-state index in [9.17, 15) is 4.79 Å². The average molecular weight is 199 g/mol. The second-order valence-corrected chi connectivity index (χ2v) is 3.86. The van der Waals surface area contributed by atoms with Gasteiger partial charge in [0, 0.05) is 13.1 Å². The molecule has 1 saturated carbocycles. The molecule has 82 valence electrons. The lowest BCUT2D eigenvalue weighted by Crippen LogP contribution is -2.33. The van der Waals surface area contributed by atoms with Gasteiger partial charge >= 0.3 is 6.09 Å². The zero-order chi connectivity index (χ0) is 10.4. The summed E-state index contributed by atoms with van der Waals surface area (Å²) in [4.78, 5) is 13.2. The molecular weight excluding hydrogens is 178 g/mol. The molecule has 0 unspecified atom stereocenters. The van der Waals surface area contributed by atoms with E-state index < -0.39 is 0 Å². The number of rotatable bonds is 5. The molecular formula is C11H21NO2. The summed E-state index contributed by atoms with van der Waals surface area (Å²) in [6.07, 6.45) is 5.05. The first-order valence-corrected chi connectivity index (χ1v) is 5.69. The summed E-state index contributed by atoms with van der Waals surface area (Å²) < 4.78 is 4.97. The van der Waals surface area contributed by atoms with Gasteiger partial charge in [0.25, 0.3) is 0 Å². The minimum absolute atomic E-state index is 0.158. The van der Waals surface area contributed by atoms with Crippen molar-refractivity contribution < 1.29 is 9.53 Å². The minimum Gasteiger partial charge on any atom is -0.450 e. The van der Waals surface area contributed by atoms with Crippen molar-refractivity contribution in [1.82, 2.24) is 4.90 Å². The summed E-state index contributed by atoms with van der Waals surface area (Å²) >= 11 is 0. The van der Waals surface area contributed by atoms with Crippen LogP contribution in [0.3, 0.4) is 0 Å². The van der Waals surface area contributed by atoms with Gasteiger partial charge in [0.1, 0.15) is 0 Å². The molecule has 0 heterocycles. The fourth-order valence-electron chi connectivity index (χ4n) is 1.71. The Labute approximate surface area is 86.4 Å². The van der Waals surface area contributed by atoms with Crippen LogP contribution in [-0.2, 0) is 4.74 Å². The first-order chi connectivity index (χ1) is 6.77. The Balaban J connectivity index is 2.19. The summed E-state index contributed by atoms with van der Waals surface area (Å²) in [5, 5.41) is 0. The van der Waals surface area contributed by atoms with Crippen molar-refractivity contribution in [3.8, 4) is 0 Å². The third-order valence-electron chi connectivity index (χ3n) is 2.94. The van der Waals surface area contributed by atoms with E-state index in [1.807, 2.05) is 13.8 Å². The lowest BCUT2D eigenvalue weighted by Gasteiger charge is -2.28. The molecule has 0 atom stereocenters. The van der Waals surface area contributed by atoms with Crippen LogP contribution < -0.4 is 0 Å². The van der Waals surface area contributed by atoms with Gasteiger partial charge < -0.3 is 9.64 Å². The maximum absolute atomic E-state index is 11.4. The minimum atomic E-state index is -0.158. The first kappa shape index (κ1) is 11.3. The zero-order valence-corrected chi connectivity index (χ0v) is 9.29. The van der Waals surface area contributed by atoms with Gasteiger partial charge in [-0.3, -0.25) is 0 Å². The number of nitrogens with zero attached hydrogens (tertiary/aromatic N) is 1. The molecule has 1 fully saturated rings. The number of hydrogen-bond acceptors (Lipinski definition) is 2. The molecule has 0 aromatic carbocycles. The molecule has 3 nitrogen and oxygen atoms in total. The standard InChI is InChI=1S/C11H21NO2/c1-3-12(11(13)14-4-2)9-8-10-6-5-7-10/h10H,3-9H2,1-2H3. The highest BCUT2D eigenvalue weighted by Gasteiger charge is 2.20. The molecule has 14 heavy (non-hydrogen) atoms. The molecule has 1 aliphatic carbocycles. The lowest BCUT2D eigenvalue weighted by atomic mass is 9.83. The predicted molar refractivity (Wildman–Crippen MR) is 56.2 cm³/mol. The quantitative estimate of drug-likeness (QED) is 0.681. The third kappa shape index (κ3) is 3.20. The monoisotopic (exact) mass is 199 g/mol. The van der Waals surface area contributed by atoms with Gasteiger partial charge in [0.2, 0.25) is 0 Å². The van der Waals surface area contributed by atoms with E-state index in [1.54, 1.807) is 4.90 Å².